The number of anilines is 1. The molecule has 0 bridgehead atoms. The van der Waals surface area contributed by atoms with E-state index in [1.165, 1.54) is 5.56 Å². The Morgan fingerprint density at radius 3 is 3.20 bits per heavy atom. The van der Waals surface area contributed by atoms with Crippen LogP contribution in [0.4, 0.5) is 5.69 Å². The molecule has 0 unspecified atom stereocenters. The topological polar surface area (TPSA) is 41.6 Å². The number of hydrogen-bond acceptors (Lipinski definition) is 4. The van der Waals surface area contributed by atoms with Gasteiger partial charge in [-0.1, -0.05) is 23.9 Å². The lowest BCUT2D eigenvalue weighted by Gasteiger charge is -2.11. The molecule has 0 saturated heterocycles. The Morgan fingerprint density at radius 1 is 1.47 bits per heavy atom. The van der Waals surface area contributed by atoms with Gasteiger partial charge in [-0.2, -0.15) is 0 Å². The molecule has 0 aliphatic carbocycles. The van der Waals surface area contributed by atoms with E-state index in [2.05, 4.69) is 27.6 Å². The summed E-state index contributed by atoms with van der Waals surface area (Å²) in [5.74, 6) is 0. The van der Waals surface area contributed by atoms with E-state index in [0.717, 1.165) is 17.4 Å². The van der Waals surface area contributed by atoms with Crippen LogP contribution in [0, 0.1) is 0 Å². The molecular weight excluding hydrogens is 206 g/mol. The Kier molecular flexibility index (Phi) is 1.95. The summed E-state index contributed by atoms with van der Waals surface area (Å²) in [7, 11) is 0. The molecule has 0 fully saturated rings. The first kappa shape index (κ1) is 8.85. The third kappa shape index (κ3) is 1.51. The molecule has 2 heterocycles. The van der Waals surface area contributed by atoms with Crippen molar-refractivity contribution in [1.82, 2.24) is 4.90 Å². The van der Waals surface area contributed by atoms with E-state index in [0.29, 0.717) is 0 Å². The molecule has 2 N–H and O–H groups in total. The highest BCUT2D eigenvalue weighted by Gasteiger charge is 2.27. The highest BCUT2D eigenvalue weighted by molar-refractivity contribution is 8.16. The fourth-order valence-corrected chi connectivity index (χ4v) is 2.63. The molecule has 1 atom stereocenters. The number of amidine groups is 1. The zero-order valence-corrected chi connectivity index (χ0v) is 8.95. The Balaban J connectivity index is 1.89. The second-order valence-electron chi connectivity index (χ2n) is 3.65. The molecule has 0 aromatic heterocycles. The van der Waals surface area contributed by atoms with Gasteiger partial charge in [0, 0.05) is 11.9 Å². The Morgan fingerprint density at radius 2 is 2.40 bits per heavy atom. The van der Waals surface area contributed by atoms with Gasteiger partial charge in [-0.05, 0) is 23.1 Å². The lowest BCUT2D eigenvalue weighted by Crippen LogP contribution is -2.16. The van der Waals surface area contributed by atoms with Gasteiger partial charge in [-0.15, -0.1) is 0 Å². The van der Waals surface area contributed by atoms with Gasteiger partial charge in [-0.25, -0.2) is 0 Å². The third-order valence-electron chi connectivity index (χ3n) is 2.59. The summed E-state index contributed by atoms with van der Waals surface area (Å²) in [5, 5.41) is 3.16. The first-order valence-corrected chi connectivity index (χ1v) is 5.74. The number of aliphatic imine (C=N–C) groups is 1. The van der Waals surface area contributed by atoms with E-state index in [1.807, 2.05) is 18.2 Å². The van der Waals surface area contributed by atoms with Gasteiger partial charge in [0.1, 0.15) is 0 Å². The largest absolute Gasteiger partial charge is 0.399 e. The van der Waals surface area contributed by atoms with E-state index in [1.54, 1.807) is 11.8 Å². The summed E-state index contributed by atoms with van der Waals surface area (Å²) in [5.41, 5.74) is 7.77. The molecule has 3 nitrogen and oxygen atoms in total. The molecule has 0 saturated carbocycles. The van der Waals surface area contributed by atoms with Crippen LogP contribution in [0.5, 0.6) is 0 Å². The molecule has 1 aromatic carbocycles. The van der Waals surface area contributed by atoms with Crippen LogP contribution in [0.15, 0.2) is 40.9 Å². The van der Waals surface area contributed by atoms with Crippen LogP contribution in [0.3, 0.4) is 0 Å². The van der Waals surface area contributed by atoms with Gasteiger partial charge >= 0.3 is 0 Å². The molecule has 2 aliphatic rings. The van der Waals surface area contributed by atoms with Crippen LogP contribution in [-0.4, -0.2) is 16.6 Å². The predicted octanol–water partition coefficient (Wildman–Crippen LogP) is 2.20. The van der Waals surface area contributed by atoms with Crippen molar-refractivity contribution in [2.75, 3.05) is 12.3 Å². The van der Waals surface area contributed by atoms with Crippen molar-refractivity contribution >= 4 is 22.6 Å². The highest BCUT2D eigenvalue weighted by Crippen LogP contribution is 2.33. The summed E-state index contributed by atoms with van der Waals surface area (Å²) in [4.78, 5) is 6.83. The van der Waals surface area contributed by atoms with Gasteiger partial charge < -0.3 is 10.6 Å². The average molecular weight is 217 g/mol. The molecule has 0 radical (unpaired) electrons. The fourth-order valence-electron chi connectivity index (χ4n) is 1.85. The van der Waals surface area contributed by atoms with Gasteiger partial charge in [0.25, 0.3) is 0 Å². The Hall–Kier alpha value is -1.42. The highest BCUT2D eigenvalue weighted by atomic mass is 32.2. The SMILES string of the molecule is Nc1cccc([C@@H]2CN3C=CSC3=N2)c1. The molecule has 3 rings (SSSR count). The van der Waals surface area contributed by atoms with Gasteiger partial charge in [-0.3, -0.25) is 4.99 Å². The molecule has 76 valence electrons. The molecule has 0 spiro atoms. The first-order valence-electron chi connectivity index (χ1n) is 4.86. The molecule has 1 aromatic rings. The lowest BCUT2D eigenvalue weighted by molar-refractivity contribution is 0.558. The smallest absolute Gasteiger partial charge is 0.168 e. The quantitative estimate of drug-likeness (QED) is 0.733. The maximum Gasteiger partial charge on any atom is 0.168 e. The monoisotopic (exact) mass is 217 g/mol. The zero-order valence-electron chi connectivity index (χ0n) is 8.13. The molecular formula is C11H11N3S. The Bertz CT molecular complexity index is 453. The molecule has 0 amide bonds. The molecule has 2 aliphatic heterocycles. The van der Waals surface area contributed by atoms with Crippen molar-refractivity contribution in [2.45, 2.75) is 6.04 Å². The zero-order chi connectivity index (χ0) is 10.3. The fraction of sp³-hybridized carbons (Fsp3) is 0.182. The minimum Gasteiger partial charge on any atom is -0.399 e. The average Bonchev–Trinajstić information content (AvgIpc) is 2.76. The van der Waals surface area contributed by atoms with E-state index in [9.17, 15) is 0 Å². The summed E-state index contributed by atoms with van der Waals surface area (Å²) in [6.45, 7) is 0.933. The number of nitrogen functional groups attached to an aromatic ring is 1. The van der Waals surface area contributed by atoms with Crippen LogP contribution >= 0.6 is 11.8 Å². The number of nitrogens with two attached hydrogens (primary N) is 1. The second-order valence-corrected chi connectivity index (χ2v) is 4.53. The Labute approximate surface area is 92.7 Å². The minimum atomic E-state index is 0.237. The van der Waals surface area contributed by atoms with Crippen LogP contribution in [-0.2, 0) is 0 Å². The van der Waals surface area contributed by atoms with Gasteiger partial charge in [0.05, 0.1) is 12.6 Å². The number of hydrogen-bond donors (Lipinski definition) is 1. The number of thioether (sulfide) groups is 1. The van der Waals surface area contributed by atoms with Crippen LogP contribution < -0.4 is 5.73 Å². The number of nitrogens with zero attached hydrogens (tertiary/aromatic N) is 2. The standard InChI is InChI=1S/C11H11N3S/c12-9-3-1-2-8(6-9)10-7-14-4-5-15-11(14)13-10/h1-6,10H,7,12H2/t10-/m0/s1. The van der Waals surface area contributed by atoms with E-state index >= 15 is 0 Å². The molecule has 15 heavy (non-hydrogen) atoms. The predicted molar refractivity (Wildman–Crippen MR) is 64.5 cm³/mol. The minimum absolute atomic E-state index is 0.237. The van der Waals surface area contributed by atoms with Crippen molar-refractivity contribution in [3.63, 3.8) is 0 Å². The number of fused-ring (bicyclic) bond motifs is 1. The maximum absolute atomic E-state index is 5.76. The van der Waals surface area contributed by atoms with E-state index in [4.69, 9.17) is 5.73 Å². The lowest BCUT2D eigenvalue weighted by atomic mass is 10.1. The maximum atomic E-state index is 5.76. The first-order chi connectivity index (χ1) is 7.33. The van der Waals surface area contributed by atoms with Crippen molar-refractivity contribution in [2.24, 2.45) is 4.99 Å². The van der Waals surface area contributed by atoms with Gasteiger partial charge in [0.2, 0.25) is 0 Å². The van der Waals surface area contributed by atoms with E-state index in [-0.39, 0.29) is 6.04 Å². The van der Waals surface area contributed by atoms with Crippen molar-refractivity contribution < 1.29 is 0 Å². The van der Waals surface area contributed by atoms with Gasteiger partial charge in [0.15, 0.2) is 5.17 Å². The number of rotatable bonds is 1. The van der Waals surface area contributed by atoms with E-state index < -0.39 is 0 Å². The summed E-state index contributed by atoms with van der Waals surface area (Å²) in [6.07, 6.45) is 2.08. The van der Waals surface area contributed by atoms with Crippen molar-refractivity contribution in [3.8, 4) is 0 Å². The molecule has 4 heteroatoms. The summed E-state index contributed by atoms with van der Waals surface area (Å²) in [6, 6.07) is 8.21. The second kappa shape index (κ2) is 3.31. The third-order valence-corrected chi connectivity index (χ3v) is 3.40. The van der Waals surface area contributed by atoms with Crippen LogP contribution in [0.25, 0.3) is 0 Å². The van der Waals surface area contributed by atoms with Crippen LogP contribution in [0.1, 0.15) is 11.6 Å². The summed E-state index contributed by atoms with van der Waals surface area (Å²) < 4.78 is 0. The normalized spacial score (nSPS) is 23.1. The van der Waals surface area contributed by atoms with Crippen LogP contribution in [0.2, 0.25) is 0 Å². The number of benzene rings is 1. The van der Waals surface area contributed by atoms with Crippen molar-refractivity contribution in [3.05, 3.63) is 41.4 Å². The van der Waals surface area contributed by atoms with Crippen molar-refractivity contribution in [1.29, 1.82) is 0 Å². The summed E-state index contributed by atoms with van der Waals surface area (Å²) >= 11 is 1.68.